The lowest BCUT2D eigenvalue weighted by Crippen LogP contribution is -2.48. The van der Waals surface area contributed by atoms with Gasteiger partial charge in [0.15, 0.2) is 5.13 Å². The van der Waals surface area contributed by atoms with E-state index in [1.807, 2.05) is 5.38 Å². The van der Waals surface area contributed by atoms with Crippen molar-refractivity contribution in [2.45, 2.75) is 11.3 Å². The van der Waals surface area contributed by atoms with Crippen LogP contribution in [0.3, 0.4) is 0 Å². The van der Waals surface area contributed by atoms with Gasteiger partial charge in [-0.3, -0.25) is 0 Å². The molecule has 3 aromatic rings. The monoisotopic (exact) mass is 563 g/mol. The van der Waals surface area contributed by atoms with Gasteiger partial charge in [0.25, 0.3) is 0 Å². The molecule has 0 aliphatic carbocycles. The third kappa shape index (κ3) is 5.07. The highest BCUT2D eigenvalue weighted by molar-refractivity contribution is 9.10. The minimum absolute atomic E-state index is 0.0937. The first-order valence-electron chi connectivity index (χ1n) is 9.32. The van der Waals surface area contributed by atoms with Crippen LogP contribution in [0.25, 0.3) is 0 Å². The van der Waals surface area contributed by atoms with E-state index in [2.05, 4.69) is 25.8 Å². The highest BCUT2D eigenvalue weighted by atomic mass is 79.9. The second-order valence-corrected chi connectivity index (χ2v) is 11.5. The zero-order chi connectivity index (χ0) is 22.2. The van der Waals surface area contributed by atoms with Crippen LogP contribution in [0.2, 0.25) is 10.0 Å². The molecule has 4 rings (SSSR count). The van der Waals surface area contributed by atoms with Gasteiger partial charge in [0.05, 0.1) is 15.7 Å². The van der Waals surface area contributed by atoms with Gasteiger partial charge in [0.2, 0.25) is 10.0 Å². The van der Waals surface area contributed by atoms with Crippen molar-refractivity contribution in [2.24, 2.45) is 0 Å². The molecule has 2 aromatic carbocycles. The number of halogens is 4. The van der Waals surface area contributed by atoms with E-state index in [-0.39, 0.29) is 14.9 Å². The zero-order valence-electron chi connectivity index (χ0n) is 16.1. The standard InChI is InChI=1S/C20H17BrCl2FN3O2S2/c21-14-2-4-19(17(23)11-14)31(28,29)27-7-5-26(6-8-27)20-25-15(12-30-20)9-13-1-3-18(24)16(22)10-13/h1-4,10-12H,5-9H2. The number of aromatic nitrogens is 1. The normalized spacial score (nSPS) is 15.4. The van der Waals surface area contributed by atoms with Crippen LogP contribution in [-0.4, -0.2) is 43.9 Å². The number of thiazole rings is 1. The molecule has 2 heterocycles. The summed E-state index contributed by atoms with van der Waals surface area (Å²) in [6, 6.07) is 9.41. The zero-order valence-corrected chi connectivity index (χ0v) is 20.8. The SMILES string of the molecule is O=S(=O)(c1ccc(Br)cc1Cl)N1CCN(c2nc(Cc3ccc(F)c(Cl)c3)cs2)CC1. The molecule has 1 aromatic heterocycles. The van der Waals surface area contributed by atoms with Crippen molar-refractivity contribution >= 4 is 65.6 Å². The lowest BCUT2D eigenvalue weighted by Gasteiger charge is -2.34. The number of anilines is 1. The van der Waals surface area contributed by atoms with E-state index < -0.39 is 15.8 Å². The van der Waals surface area contributed by atoms with E-state index >= 15 is 0 Å². The van der Waals surface area contributed by atoms with Crippen LogP contribution >= 0.6 is 50.5 Å². The molecule has 1 saturated heterocycles. The molecule has 164 valence electrons. The third-order valence-corrected chi connectivity index (χ3v) is 9.04. The Morgan fingerprint density at radius 3 is 2.48 bits per heavy atom. The molecule has 0 bridgehead atoms. The molecular formula is C20H17BrCl2FN3O2S2. The number of piperazine rings is 1. The first-order valence-corrected chi connectivity index (χ1v) is 13.2. The Balaban J connectivity index is 1.41. The number of sulfonamides is 1. The second-order valence-electron chi connectivity index (χ2n) is 7.01. The number of benzene rings is 2. The summed E-state index contributed by atoms with van der Waals surface area (Å²) in [6.07, 6.45) is 0.549. The van der Waals surface area contributed by atoms with Gasteiger partial charge in [0.1, 0.15) is 10.7 Å². The predicted octanol–water partition coefficient (Wildman–Crippen LogP) is 5.45. The lowest BCUT2D eigenvalue weighted by atomic mass is 10.1. The van der Waals surface area contributed by atoms with Crippen molar-refractivity contribution in [3.63, 3.8) is 0 Å². The van der Waals surface area contributed by atoms with Crippen molar-refractivity contribution < 1.29 is 12.8 Å². The topological polar surface area (TPSA) is 53.5 Å². The molecule has 0 unspecified atom stereocenters. The van der Waals surface area contributed by atoms with Crippen LogP contribution in [0.5, 0.6) is 0 Å². The molecule has 11 heteroatoms. The van der Waals surface area contributed by atoms with E-state index in [4.69, 9.17) is 23.2 Å². The maximum atomic E-state index is 13.3. The molecular weight excluding hydrogens is 548 g/mol. The summed E-state index contributed by atoms with van der Waals surface area (Å²) < 4.78 is 41.5. The summed E-state index contributed by atoms with van der Waals surface area (Å²) >= 11 is 16.8. The van der Waals surface area contributed by atoms with Gasteiger partial charge in [-0.05, 0) is 35.9 Å². The van der Waals surface area contributed by atoms with Gasteiger partial charge >= 0.3 is 0 Å². The molecule has 1 aliphatic heterocycles. The van der Waals surface area contributed by atoms with Gasteiger partial charge in [-0.25, -0.2) is 17.8 Å². The van der Waals surface area contributed by atoms with E-state index in [0.717, 1.165) is 20.9 Å². The minimum atomic E-state index is -3.66. The Kier molecular flexibility index (Phi) is 6.90. The Morgan fingerprint density at radius 2 is 1.81 bits per heavy atom. The largest absolute Gasteiger partial charge is 0.345 e. The fourth-order valence-electron chi connectivity index (χ4n) is 3.32. The average Bonchev–Trinajstić information content (AvgIpc) is 3.19. The molecule has 5 nitrogen and oxygen atoms in total. The molecule has 31 heavy (non-hydrogen) atoms. The fourth-order valence-corrected chi connectivity index (χ4v) is 6.84. The molecule has 1 fully saturated rings. The summed E-state index contributed by atoms with van der Waals surface area (Å²) in [5.41, 5.74) is 1.74. The van der Waals surface area contributed by atoms with Crippen molar-refractivity contribution in [3.8, 4) is 0 Å². The van der Waals surface area contributed by atoms with E-state index in [1.165, 1.54) is 27.8 Å². The van der Waals surface area contributed by atoms with Gasteiger partial charge in [-0.2, -0.15) is 4.31 Å². The quantitative estimate of drug-likeness (QED) is 0.413. The highest BCUT2D eigenvalue weighted by Crippen LogP contribution is 2.30. The molecule has 0 radical (unpaired) electrons. The van der Waals surface area contributed by atoms with Crippen molar-refractivity contribution in [3.05, 3.63) is 73.4 Å². The maximum Gasteiger partial charge on any atom is 0.244 e. The van der Waals surface area contributed by atoms with Gasteiger partial charge < -0.3 is 4.90 Å². The Hall–Kier alpha value is -1.23. The number of hydrogen-bond donors (Lipinski definition) is 0. The molecule has 0 N–H and O–H groups in total. The summed E-state index contributed by atoms with van der Waals surface area (Å²) in [5.74, 6) is -0.443. The molecule has 0 amide bonds. The first kappa shape index (κ1) is 22.9. The Labute approximate surface area is 202 Å². The van der Waals surface area contributed by atoms with Crippen LogP contribution in [0.15, 0.2) is 51.1 Å². The van der Waals surface area contributed by atoms with E-state index in [9.17, 15) is 12.8 Å². The maximum absolute atomic E-state index is 13.3. The van der Waals surface area contributed by atoms with Gasteiger partial charge in [-0.1, -0.05) is 45.2 Å². The molecule has 0 spiro atoms. The predicted molar refractivity (Wildman–Crippen MR) is 126 cm³/mol. The average molecular weight is 565 g/mol. The number of hydrogen-bond acceptors (Lipinski definition) is 5. The minimum Gasteiger partial charge on any atom is -0.345 e. The lowest BCUT2D eigenvalue weighted by molar-refractivity contribution is 0.384. The first-order chi connectivity index (χ1) is 14.7. The number of nitrogens with zero attached hydrogens (tertiary/aromatic N) is 3. The second kappa shape index (κ2) is 9.33. The van der Waals surface area contributed by atoms with Crippen LogP contribution in [0.1, 0.15) is 11.3 Å². The number of rotatable bonds is 5. The smallest absolute Gasteiger partial charge is 0.244 e. The highest BCUT2D eigenvalue weighted by Gasteiger charge is 2.30. The third-order valence-electron chi connectivity index (χ3n) is 4.93. The summed E-state index contributed by atoms with van der Waals surface area (Å²) in [7, 11) is -3.66. The fraction of sp³-hybridized carbons (Fsp3) is 0.250. The van der Waals surface area contributed by atoms with Crippen molar-refractivity contribution in [1.82, 2.24) is 9.29 Å². The van der Waals surface area contributed by atoms with Gasteiger partial charge in [-0.15, -0.1) is 11.3 Å². The van der Waals surface area contributed by atoms with Crippen LogP contribution in [0, 0.1) is 5.82 Å². The van der Waals surface area contributed by atoms with Crippen LogP contribution in [-0.2, 0) is 16.4 Å². The van der Waals surface area contributed by atoms with E-state index in [1.54, 1.807) is 24.3 Å². The summed E-state index contributed by atoms with van der Waals surface area (Å²) in [6.45, 7) is 1.75. The van der Waals surface area contributed by atoms with Crippen molar-refractivity contribution in [1.29, 1.82) is 0 Å². The Morgan fingerprint density at radius 1 is 1.06 bits per heavy atom. The van der Waals surface area contributed by atoms with Crippen molar-refractivity contribution in [2.75, 3.05) is 31.1 Å². The Bertz CT molecular complexity index is 1210. The summed E-state index contributed by atoms with van der Waals surface area (Å²) in [5, 5.41) is 3.08. The van der Waals surface area contributed by atoms with Crippen LogP contribution in [0.4, 0.5) is 9.52 Å². The summed E-state index contributed by atoms with van der Waals surface area (Å²) in [4.78, 5) is 6.85. The van der Waals surface area contributed by atoms with Crippen LogP contribution < -0.4 is 4.90 Å². The van der Waals surface area contributed by atoms with E-state index in [0.29, 0.717) is 32.6 Å². The molecule has 0 atom stereocenters. The molecule has 1 aliphatic rings. The van der Waals surface area contributed by atoms with Gasteiger partial charge in [0, 0.05) is 42.5 Å². The molecule has 0 saturated carbocycles.